The summed E-state index contributed by atoms with van der Waals surface area (Å²) in [5.74, 6) is 1.10. The molecule has 0 atom stereocenters. The van der Waals surface area contributed by atoms with Gasteiger partial charge in [0.2, 0.25) is 5.95 Å². The van der Waals surface area contributed by atoms with Gasteiger partial charge in [0.25, 0.3) is 5.91 Å². The van der Waals surface area contributed by atoms with Crippen LogP contribution in [0.1, 0.15) is 22.5 Å². The molecule has 1 aliphatic rings. The Morgan fingerprint density at radius 1 is 1.28 bits per heavy atom. The van der Waals surface area contributed by atoms with E-state index in [1.54, 1.807) is 17.8 Å². The van der Waals surface area contributed by atoms with Gasteiger partial charge < -0.3 is 25.3 Å². The van der Waals surface area contributed by atoms with Gasteiger partial charge in [-0.05, 0) is 25.0 Å². The minimum Gasteiger partial charge on any atom is -0.381 e. The van der Waals surface area contributed by atoms with E-state index in [4.69, 9.17) is 14.7 Å². The van der Waals surface area contributed by atoms with Gasteiger partial charge in [-0.15, -0.1) is 11.3 Å². The van der Waals surface area contributed by atoms with Crippen molar-refractivity contribution in [2.45, 2.75) is 18.9 Å². The Hall–Kier alpha value is -3.44. The summed E-state index contributed by atoms with van der Waals surface area (Å²) in [6.45, 7) is 1.47. The third kappa shape index (κ3) is 4.04. The van der Waals surface area contributed by atoms with Crippen molar-refractivity contribution in [2.24, 2.45) is 7.05 Å². The second-order valence-corrected chi connectivity index (χ2v) is 8.53. The van der Waals surface area contributed by atoms with Crippen LogP contribution in [0.3, 0.4) is 0 Å². The van der Waals surface area contributed by atoms with Crippen LogP contribution in [0, 0.1) is 0 Å². The van der Waals surface area contributed by atoms with E-state index in [2.05, 4.69) is 21.0 Å². The van der Waals surface area contributed by atoms with Crippen LogP contribution in [0.5, 0.6) is 0 Å². The van der Waals surface area contributed by atoms with Crippen LogP contribution in [0.2, 0.25) is 0 Å². The number of hydrogen-bond donors (Lipinski definition) is 3. The lowest BCUT2D eigenvalue weighted by atomic mass is 10.1. The van der Waals surface area contributed by atoms with E-state index in [0.29, 0.717) is 10.8 Å². The molecule has 1 fully saturated rings. The molecule has 32 heavy (non-hydrogen) atoms. The normalized spacial score (nSPS) is 14.6. The van der Waals surface area contributed by atoms with Crippen molar-refractivity contribution in [2.75, 3.05) is 30.9 Å². The number of nitrogens with one attached hydrogen (secondary N) is 3. The number of nitrogens with zero attached hydrogens (tertiary/aromatic N) is 5. The molecule has 10 nitrogen and oxygen atoms in total. The van der Waals surface area contributed by atoms with Crippen LogP contribution in [0.4, 0.5) is 17.5 Å². The molecule has 0 aliphatic carbocycles. The number of carbonyl (C=O) groups excluding carboxylic acids is 1. The number of anilines is 3. The van der Waals surface area contributed by atoms with Crippen molar-refractivity contribution >= 4 is 45.7 Å². The standard InChI is InChI=1S/C21H24N8O2S/c1-22-20(30)17-9-14(12-32-17)25-21-26-16-3-6-29(15-10-23-28(2)11-15)18(16)19(27-21)24-13-4-7-31-8-5-13/h3,6,9-13H,4-5,7-8H2,1-2H3,(H,22,30)(H2,24,25,26,27). The SMILES string of the molecule is CNC(=O)c1cc(Nc2nc(NC3CCOCC3)c3c(ccn3-c3cnn(C)c3)n2)cs1. The topological polar surface area (TPSA) is 111 Å². The Kier molecular flexibility index (Phi) is 5.50. The summed E-state index contributed by atoms with van der Waals surface area (Å²) in [5, 5.41) is 15.7. The highest BCUT2D eigenvalue weighted by molar-refractivity contribution is 7.12. The number of rotatable bonds is 6. The number of hydrogen-bond acceptors (Lipinski definition) is 8. The van der Waals surface area contributed by atoms with Crippen molar-refractivity contribution in [3.8, 4) is 5.69 Å². The second-order valence-electron chi connectivity index (χ2n) is 7.62. The van der Waals surface area contributed by atoms with Gasteiger partial charge in [-0.2, -0.15) is 10.1 Å². The fourth-order valence-corrected chi connectivity index (χ4v) is 4.54. The Labute approximate surface area is 188 Å². The zero-order chi connectivity index (χ0) is 22.1. The van der Waals surface area contributed by atoms with E-state index in [9.17, 15) is 4.79 Å². The number of carbonyl (C=O) groups is 1. The first kappa shape index (κ1) is 20.5. The lowest BCUT2D eigenvalue weighted by molar-refractivity contribution is 0.0904. The molecule has 1 saturated heterocycles. The van der Waals surface area contributed by atoms with Crippen LogP contribution in [-0.4, -0.2) is 56.5 Å². The molecule has 4 aromatic rings. The highest BCUT2D eigenvalue weighted by Gasteiger charge is 2.20. The number of ether oxygens (including phenoxy) is 1. The lowest BCUT2D eigenvalue weighted by Crippen LogP contribution is -2.28. The van der Waals surface area contributed by atoms with E-state index < -0.39 is 0 Å². The summed E-state index contributed by atoms with van der Waals surface area (Å²) in [4.78, 5) is 22.0. The molecule has 0 spiro atoms. The van der Waals surface area contributed by atoms with Gasteiger partial charge in [-0.3, -0.25) is 9.48 Å². The van der Waals surface area contributed by atoms with Gasteiger partial charge in [0, 0.05) is 51.1 Å². The molecule has 1 aliphatic heterocycles. The van der Waals surface area contributed by atoms with Crippen LogP contribution in [0.15, 0.2) is 36.1 Å². The van der Waals surface area contributed by atoms with Gasteiger partial charge >= 0.3 is 0 Å². The number of aryl methyl sites for hydroxylation is 1. The van der Waals surface area contributed by atoms with Crippen molar-refractivity contribution in [3.63, 3.8) is 0 Å². The zero-order valence-corrected chi connectivity index (χ0v) is 18.6. The molecule has 0 radical (unpaired) electrons. The first-order chi connectivity index (χ1) is 15.6. The molecule has 3 N–H and O–H groups in total. The monoisotopic (exact) mass is 452 g/mol. The van der Waals surface area contributed by atoms with Gasteiger partial charge in [-0.25, -0.2) is 4.98 Å². The molecular weight excluding hydrogens is 428 g/mol. The Morgan fingerprint density at radius 3 is 2.88 bits per heavy atom. The minimum atomic E-state index is -0.116. The van der Waals surface area contributed by atoms with Crippen molar-refractivity contribution < 1.29 is 9.53 Å². The molecule has 4 aromatic heterocycles. The van der Waals surface area contributed by atoms with E-state index in [-0.39, 0.29) is 11.9 Å². The summed E-state index contributed by atoms with van der Waals surface area (Å²) in [6, 6.07) is 4.03. The molecule has 0 unspecified atom stereocenters. The van der Waals surface area contributed by atoms with Crippen molar-refractivity contribution in [1.29, 1.82) is 0 Å². The first-order valence-corrected chi connectivity index (χ1v) is 11.3. The molecule has 11 heteroatoms. The molecule has 1 amide bonds. The number of amides is 1. The van der Waals surface area contributed by atoms with Gasteiger partial charge in [-0.1, -0.05) is 0 Å². The molecular formula is C21H24N8O2S. The van der Waals surface area contributed by atoms with Gasteiger partial charge in [0.05, 0.1) is 28.0 Å². The van der Waals surface area contributed by atoms with E-state index in [1.165, 1.54) is 11.3 Å². The average molecular weight is 453 g/mol. The molecule has 5 heterocycles. The third-order valence-electron chi connectivity index (χ3n) is 5.37. The van der Waals surface area contributed by atoms with Crippen LogP contribution in [0.25, 0.3) is 16.7 Å². The van der Waals surface area contributed by atoms with Gasteiger partial charge in [0.15, 0.2) is 5.82 Å². The maximum atomic E-state index is 11.9. The van der Waals surface area contributed by atoms with E-state index >= 15 is 0 Å². The summed E-state index contributed by atoms with van der Waals surface area (Å²) in [6.07, 6.45) is 7.58. The lowest BCUT2D eigenvalue weighted by Gasteiger charge is -2.24. The summed E-state index contributed by atoms with van der Waals surface area (Å²) in [7, 11) is 3.51. The minimum absolute atomic E-state index is 0.116. The van der Waals surface area contributed by atoms with Crippen LogP contribution < -0.4 is 16.0 Å². The molecule has 0 bridgehead atoms. The zero-order valence-electron chi connectivity index (χ0n) is 17.8. The molecule has 0 saturated carbocycles. The number of aromatic nitrogens is 5. The quantitative estimate of drug-likeness (QED) is 0.412. The van der Waals surface area contributed by atoms with Crippen LogP contribution in [-0.2, 0) is 11.8 Å². The predicted molar refractivity (Wildman–Crippen MR) is 124 cm³/mol. The maximum absolute atomic E-state index is 11.9. The second kappa shape index (κ2) is 8.60. The predicted octanol–water partition coefficient (Wildman–Crippen LogP) is 2.91. The molecule has 166 valence electrons. The third-order valence-corrected chi connectivity index (χ3v) is 6.30. The smallest absolute Gasteiger partial charge is 0.261 e. The van der Waals surface area contributed by atoms with E-state index in [0.717, 1.165) is 54.3 Å². The van der Waals surface area contributed by atoms with E-state index in [1.807, 2.05) is 41.7 Å². The fraction of sp³-hybridized carbons (Fsp3) is 0.333. The Morgan fingerprint density at radius 2 is 2.12 bits per heavy atom. The number of thiophene rings is 1. The fourth-order valence-electron chi connectivity index (χ4n) is 3.76. The Balaban J connectivity index is 1.53. The first-order valence-electron chi connectivity index (χ1n) is 10.4. The van der Waals surface area contributed by atoms with Crippen molar-refractivity contribution in [1.82, 2.24) is 29.6 Å². The van der Waals surface area contributed by atoms with Crippen molar-refractivity contribution in [3.05, 3.63) is 41.0 Å². The maximum Gasteiger partial charge on any atom is 0.261 e. The summed E-state index contributed by atoms with van der Waals surface area (Å²) < 4.78 is 9.32. The Bertz CT molecular complexity index is 1250. The highest BCUT2D eigenvalue weighted by atomic mass is 32.1. The summed E-state index contributed by atoms with van der Waals surface area (Å²) >= 11 is 1.37. The molecule has 0 aromatic carbocycles. The molecule has 5 rings (SSSR count). The summed E-state index contributed by atoms with van der Waals surface area (Å²) in [5.41, 5.74) is 3.42. The van der Waals surface area contributed by atoms with Crippen LogP contribution >= 0.6 is 11.3 Å². The highest BCUT2D eigenvalue weighted by Crippen LogP contribution is 2.29. The van der Waals surface area contributed by atoms with Gasteiger partial charge in [0.1, 0.15) is 5.52 Å². The largest absolute Gasteiger partial charge is 0.381 e. The number of fused-ring (bicyclic) bond motifs is 1. The average Bonchev–Trinajstić information content (AvgIpc) is 3.54.